The van der Waals surface area contributed by atoms with Crippen LogP contribution in [0.5, 0.6) is 0 Å². The van der Waals surface area contributed by atoms with Gasteiger partial charge in [0, 0.05) is 0 Å². The Bertz CT molecular complexity index is 74.5. The van der Waals surface area contributed by atoms with E-state index in [0.717, 1.165) is 0 Å². The SMILES string of the molecule is CC=CC(O)C(C)C. The van der Waals surface area contributed by atoms with E-state index in [1.807, 2.05) is 26.8 Å². The maximum atomic E-state index is 9.04. The van der Waals surface area contributed by atoms with Crippen molar-refractivity contribution in [2.75, 3.05) is 0 Å². The van der Waals surface area contributed by atoms with Crippen molar-refractivity contribution in [3.8, 4) is 0 Å². The summed E-state index contributed by atoms with van der Waals surface area (Å²) in [7, 11) is 0. The van der Waals surface area contributed by atoms with Gasteiger partial charge in [0.05, 0.1) is 6.10 Å². The van der Waals surface area contributed by atoms with Gasteiger partial charge < -0.3 is 5.11 Å². The molecule has 8 heavy (non-hydrogen) atoms. The van der Waals surface area contributed by atoms with Gasteiger partial charge in [-0.15, -0.1) is 0 Å². The normalized spacial score (nSPS) is 15.6. The third-order valence-corrected chi connectivity index (χ3v) is 1.07. The van der Waals surface area contributed by atoms with Crippen molar-refractivity contribution in [3.63, 3.8) is 0 Å². The van der Waals surface area contributed by atoms with Crippen LogP contribution in [-0.4, -0.2) is 11.2 Å². The van der Waals surface area contributed by atoms with Crippen molar-refractivity contribution in [3.05, 3.63) is 12.2 Å². The summed E-state index contributed by atoms with van der Waals surface area (Å²) in [5.74, 6) is 0.339. The van der Waals surface area contributed by atoms with Gasteiger partial charge in [0.15, 0.2) is 0 Å². The van der Waals surface area contributed by atoms with E-state index in [2.05, 4.69) is 0 Å². The highest BCUT2D eigenvalue weighted by Crippen LogP contribution is 2.00. The second-order valence-corrected chi connectivity index (χ2v) is 2.26. The Morgan fingerprint density at radius 1 is 1.38 bits per heavy atom. The largest absolute Gasteiger partial charge is 0.389 e. The maximum Gasteiger partial charge on any atom is 0.0743 e. The highest BCUT2D eigenvalue weighted by molar-refractivity contribution is 4.86. The molecule has 1 N–H and O–H groups in total. The Hall–Kier alpha value is -0.300. The molecule has 0 aromatic carbocycles. The highest BCUT2D eigenvalue weighted by atomic mass is 16.3. The zero-order chi connectivity index (χ0) is 6.57. The van der Waals surface area contributed by atoms with Gasteiger partial charge in [-0.25, -0.2) is 0 Å². The molecule has 0 amide bonds. The quantitative estimate of drug-likeness (QED) is 0.540. The van der Waals surface area contributed by atoms with Crippen LogP contribution in [0.15, 0.2) is 12.2 Å². The van der Waals surface area contributed by atoms with E-state index in [0.29, 0.717) is 5.92 Å². The van der Waals surface area contributed by atoms with Gasteiger partial charge >= 0.3 is 0 Å². The van der Waals surface area contributed by atoms with Crippen molar-refractivity contribution in [1.29, 1.82) is 0 Å². The summed E-state index contributed by atoms with van der Waals surface area (Å²) in [6.45, 7) is 5.89. The first-order valence-electron chi connectivity index (χ1n) is 2.99. The molecule has 0 aromatic rings. The minimum atomic E-state index is -0.264. The molecule has 0 saturated heterocycles. The molecular weight excluding hydrogens is 100 g/mol. The van der Waals surface area contributed by atoms with Gasteiger partial charge in [-0.05, 0) is 12.8 Å². The molecule has 1 heteroatoms. The number of allylic oxidation sites excluding steroid dienone is 1. The van der Waals surface area contributed by atoms with Crippen LogP contribution in [0.4, 0.5) is 0 Å². The summed E-state index contributed by atoms with van der Waals surface area (Å²) in [6.07, 6.45) is 3.40. The van der Waals surface area contributed by atoms with Crippen LogP contribution in [0.3, 0.4) is 0 Å². The second kappa shape index (κ2) is 3.67. The lowest BCUT2D eigenvalue weighted by Gasteiger charge is -2.07. The van der Waals surface area contributed by atoms with Crippen molar-refractivity contribution >= 4 is 0 Å². The minimum Gasteiger partial charge on any atom is -0.389 e. The molecule has 0 aliphatic heterocycles. The van der Waals surface area contributed by atoms with E-state index in [1.165, 1.54) is 0 Å². The predicted octanol–water partition coefficient (Wildman–Crippen LogP) is 1.58. The van der Waals surface area contributed by atoms with Crippen LogP contribution in [0.2, 0.25) is 0 Å². The van der Waals surface area contributed by atoms with Crippen molar-refractivity contribution < 1.29 is 5.11 Å². The van der Waals surface area contributed by atoms with Gasteiger partial charge in [-0.1, -0.05) is 26.0 Å². The fourth-order valence-electron chi connectivity index (χ4n) is 0.419. The number of hydrogen-bond donors (Lipinski definition) is 1. The molecule has 0 radical (unpaired) electrons. The van der Waals surface area contributed by atoms with Crippen LogP contribution >= 0.6 is 0 Å². The molecule has 0 rings (SSSR count). The lowest BCUT2D eigenvalue weighted by Crippen LogP contribution is -2.10. The van der Waals surface area contributed by atoms with Gasteiger partial charge in [0.2, 0.25) is 0 Å². The number of rotatable bonds is 2. The van der Waals surface area contributed by atoms with Gasteiger partial charge in [0.25, 0.3) is 0 Å². The van der Waals surface area contributed by atoms with Crippen molar-refractivity contribution in [1.82, 2.24) is 0 Å². The Kier molecular flexibility index (Phi) is 3.53. The summed E-state index contributed by atoms with van der Waals surface area (Å²) in [5.41, 5.74) is 0. The van der Waals surface area contributed by atoms with Gasteiger partial charge in [-0.2, -0.15) is 0 Å². The average molecular weight is 114 g/mol. The second-order valence-electron chi connectivity index (χ2n) is 2.26. The monoisotopic (exact) mass is 114 g/mol. The first kappa shape index (κ1) is 7.70. The lowest BCUT2D eigenvalue weighted by molar-refractivity contribution is 0.172. The Labute approximate surface area is 51.0 Å². The maximum absolute atomic E-state index is 9.04. The minimum absolute atomic E-state index is 0.264. The summed E-state index contributed by atoms with van der Waals surface area (Å²) in [4.78, 5) is 0. The Balaban J connectivity index is 3.47. The van der Waals surface area contributed by atoms with E-state index < -0.39 is 0 Å². The molecule has 1 atom stereocenters. The Morgan fingerprint density at radius 2 is 1.88 bits per heavy atom. The molecule has 0 aliphatic rings. The molecule has 1 nitrogen and oxygen atoms in total. The predicted molar refractivity (Wildman–Crippen MR) is 35.7 cm³/mol. The Morgan fingerprint density at radius 3 is 2.00 bits per heavy atom. The molecular formula is C7H14O. The number of aliphatic hydroxyl groups excluding tert-OH is 1. The van der Waals surface area contributed by atoms with E-state index in [4.69, 9.17) is 5.11 Å². The molecule has 0 saturated carbocycles. The molecule has 0 heterocycles. The highest BCUT2D eigenvalue weighted by Gasteiger charge is 2.01. The fraction of sp³-hybridized carbons (Fsp3) is 0.714. The van der Waals surface area contributed by atoms with Crippen LogP contribution in [0.1, 0.15) is 20.8 Å². The van der Waals surface area contributed by atoms with E-state index in [9.17, 15) is 0 Å². The topological polar surface area (TPSA) is 20.2 Å². The number of hydrogen-bond acceptors (Lipinski definition) is 1. The third kappa shape index (κ3) is 2.80. The average Bonchev–Trinajstić information content (AvgIpc) is 1.67. The molecule has 0 bridgehead atoms. The molecule has 0 aromatic heterocycles. The standard InChI is InChI=1S/C7H14O/c1-4-5-7(8)6(2)3/h4-8H,1-3H3. The fourth-order valence-corrected chi connectivity index (χ4v) is 0.419. The van der Waals surface area contributed by atoms with Crippen molar-refractivity contribution in [2.24, 2.45) is 5.92 Å². The summed E-state index contributed by atoms with van der Waals surface area (Å²) in [6, 6.07) is 0. The number of aliphatic hydroxyl groups is 1. The summed E-state index contributed by atoms with van der Waals surface area (Å²) >= 11 is 0. The smallest absolute Gasteiger partial charge is 0.0743 e. The molecule has 0 spiro atoms. The summed E-state index contributed by atoms with van der Waals surface area (Å²) in [5, 5.41) is 9.04. The van der Waals surface area contributed by atoms with E-state index >= 15 is 0 Å². The first-order valence-corrected chi connectivity index (χ1v) is 2.99. The van der Waals surface area contributed by atoms with Crippen LogP contribution < -0.4 is 0 Å². The first-order chi connectivity index (χ1) is 3.68. The summed E-state index contributed by atoms with van der Waals surface area (Å²) < 4.78 is 0. The molecule has 0 fully saturated rings. The molecule has 1 unspecified atom stereocenters. The van der Waals surface area contributed by atoms with Crippen LogP contribution in [-0.2, 0) is 0 Å². The third-order valence-electron chi connectivity index (χ3n) is 1.07. The van der Waals surface area contributed by atoms with Gasteiger partial charge in [0.1, 0.15) is 0 Å². The van der Waals surface area contributed by atoms with E-state index in [-0.39, 0.29) is 6.10 Å². The van der Waals surface area contributed by atoms with Crippen molar-refractivity contribution in [2.45, 2.75) is 26.9 Å². The van der Waals surface area contributed by atoms with Crippen LogP contribution in [0.25, 0.3) is 0 Å². The van der Waals surface area contributed by atoms with Gasteiger partial charge in [-0.3, -0.25) is 0 Å². The van der Waals surface area contributed by atoms with E-state index in [1.54, 1.807) is 6.08 Å². The molecule has 48 valence electrons. The zero-order valence-corrected chi connectivity index (χ0v) is 5.76. The lowest BCUT2D eigenvalue weighted by atomic mass is 10.1. The molecule has 0 aliphatic carbocycles. The zero-order valence-electron chi connectivity index (χ0n) is 5.76. The van der Waals surface area contributed by atoms with Crippen LogP contribution in [0, 0.1) is 5.92 Å².